The molecule has 1 aliphatic rings. The Kier molecular flexibility index (Phi) is 2.82. The molecule has 0 amide bonds. The van der Waals surface area contributed by atoms with Gasteiger partial charge >= 0.3 is 5.97 Å². The number of ether oxygens (including phenoxy) is 1. The van der Waals surface area contributed by atoms with E-state index in [0.717, 1.165) is 5.52 Å². The number of H-pyrrole nitrogens is 1. The summed E-state index contributed by atoms with van der Waals surface area (Å²) in [4.78, 5) is 14.8. The average Bonchev–Trinajstić information content (AvgIpc) is 3.05. The Hall–Kier alpha value is -1.77. The zero-order valence-electron chi connectivity index (χ0n) is 10.5. The highest BCUT2D eigenvalue weighted by Crippen LogP contribution is 2.37. The second-order valence-corrected chi connectivity index (χ2v) is 4.98. The van der Waals surface area contributed by atoms with Crippen LogP contribution in [0.3, 0.4) is 0 Å². The molecule has 3 rings (SSSR count). The Labute approximate surface area is 106 Å². The van der Waals surface area contributed by atoms with Gasteiger partial charge in [-0.3, -0.25) is 0 Å². The van der Waals surface area contributed by atoms with Crippen LogP contribution in [0.5, 0.6) is 0 Å². The Morgan fingerprint density at radius 1 is 1.33 bits per heavy atom. The van der Waals surface area contributed by atoms with Gasteiger partial charge in [0.15, 0.2) is 0 Å². The lowest BCUT2D eigenvalue weighted by molar-refractivity contribution is 0.0601. The molecule has 0 aliphatic heterocycles. The van der Waals surface area contributed by atoms with E-state index in [0.29, 0.717) is 11.5 Å². The highest BCUT2D eigenvalue weighted by Gasteiger charge is 2.20. The molecule has 0 radical (unpaired) electrons. The molecule has 1 saturated carbocycles. The van der Waals surface area contributed by atoms with E-state index in [2.05, 4.69) is 11.2 Å². The fraction of sp³-hybridized carbons (Fsp3) is 0.400. The minimum Gasteiger partial charge on any atom is -0.465 e. The van der Waals surface area contributed by atoms with Crippen LogP contribution in [-0.4, -0.2) is 18.1 Å². The topological polar surface area (TPSA) is 42.1 Å². The van der Waals surface area contributed by atoms with E-state index < -0.39 is 0 Å². The Morgan fingerprint density at radius 2 is 2.11 bits per heavy atom. The highest BCUT2D eigenvalue weighted by molar-refractivity contribution is 5.95. The Balaban J connectivity index is 2.02. The number of fused-ring (bicyclic) bond motifs is 1. The van der Waals surface area contributed by atoms with Crippen molar-refractivity contribution in [2.45, 2.75) is 31.6 Å². The van der Waals surface area contributed by atoms with E-state index in [-0.39, 0.29) is 5.97 Å². The number of methoxy groups -OCH3 is 1. The summed E-state index contributed by atoms with van der Waals surface area (Å²) in [5.41, 5.74) is 3.03. The van der Waals surface area contributed by atoms with Gasteiger partial charge < -0.3 is 9.72 Å². The number of hydrogen-bond donors (Lipinski definition) is 1. The fourth-order valence-corrected chi connectivity index (χ4v) is 2.97. The van der Waals surface area contributed by atoms with Crippen molar-refractivity contribution in [3.05, 3.63) is 35.5 Å². The predicted molar refractivity (Wildman–Crippen MR) is 70.8 cm³/mol. The van der Waals surface area contributed by atoms with Crippen molar-refractivity contribution in [1.29, 1.82) is 0 Å². The van der Waals surface area contributed by atoms with Crippen LogP contribution in [-0.2, 0) is 4.74 Å². The summed E-state index contributed by atoms with van der Waals surface area (Å²) in [6.07, 6.45) is 7.33. The van der Waals surface area contributed by atoms with Crippen LogP contribution in [0.25, 0.3) is 10.9 Å². The van der Waals surface area contributed by atoms with Crippen LogP contribution in [0.1, 0.15) is 47.5 Å². The molecular weight excluding hydrogens is 226 g/mol. The summed E-state index contributed by atoms with van der Waals surface area (Å²) >= 11 is 0. The number of aromatic amines is 1. The summed E-state index contributed by atoms with van der Waals surface area (Å²) in [5.74, 6) is 0.400. The smallest absolute Gasteiger partial charge is 0.337 e. The Morgan fingerprint density at radius 3 is 2.83 bits per heavy atom. The molecule has 1 fully saturated rings. The standard InChI is InChI=1S/C15H17NO2/c1-18-15(17)11-6-7-12-13(9-16-14(12)8-11)10-4-2-3-5-10/h6-10,16H,2-5H2,1H3. The van der Waals surface area contributed by atoms with Crippen LogP contribution in [0.2, 0.25) is 0 Å². The van der Waals surface area contributed by atoms with Gasteiger partial charge in [0.05, 0.1) is 12.7 Å². The first-order valence-electron chi connectivity index (χ1n) is 6.49. The van der Waals surface area contributed by atoms with Crippen molar-refractivity contribution in [3.8, 4) is 0 Å². The minimum atomic E-state index is -0.283. The van der Waals surface area contributed by atoms with Gasteiger partial charge in [-0.15, -0.1) is 0 Å². The van der Waals surface area contributed by atoms with Crippen LogP contribution in [0.15, 0.2) is 24.4 Å². The van der Waals surface area contributed by atoms with Crippen molar-refractivity contribution < 1.29 is 9.53 Å². The van der Waals surface area contributed by atoms with E-state index in [1.54, 1.807) is 0 Å². The number of aromatic nitrogens is 1. The Bertz CT molecular complexity index is 579. The molecule has 2 aromatic rings. The first kappa shape index (κ1) is 11.3. The van der Waals surface area contributed by atoms with Gasteiger partial charge in [0.25, 0.3) is 0 Å². The van der Waals surface area contributed by atoms with E-state index in [9.17, 15) is 4.79 Å². The maximum atomic E-state index is 11.5. The molecule has 94 valence electrons. The van der Waals surface area contributed by atoms with E-state index in [4.69, 9.17) is 4.74 Å². The third-order valence-corrected chi connectivity index (χ3v) is 3.93. The van der Waals surface area contributed by atoms with Gasteiger partial charge in [-0.25, -0.2) is 4.79 Å². The second-order valence-electron chi connectivity index (χ2n) is 4.98. The number of hydrogen-bond acceptors (Lipinski definition) is 2. The molecule has 3 nitrogen and oxygen atoms in total. The van der Waals surface area contributed by atoms with Crippen molar-refractivity contribution in [3.63, 3.8) is 0 Å². The SMILES string of the molecule is COC(=O)c1ccc2c(C3CCCC3)c[nH]c2c1. The normalized spacial score (nSPS) is 16.3. The molecule has 0 atom stereocenters. The quantitative estimate of drug-likeness (QED) is 0.819. The summed E-state index contributed by atoms with van der Waals surface area (Å²) in [7, 11) is 1.41. The molecule has 0 bridgehead atoms. The molecule has 1 heterocycles. The average molecular weight is 243 g/mol. The molecule has 3 heteroatoms. The number of nitrogens with one attached hydrogen (secondary N) is 1. The lowest BCUT2D eigenvalue weighted by Gasteiger charge is -2.07. The van der Waals surface area contributed by atoms with Gasteiger partial charge in [0.2, 0.25) is 0 Å². The zero-order valence-corrected chi connectivity index (χ0v) is 10.5. The molecule has 1 aliphatic carbocycles. The first-order valence-corrected chi connectivity index (χ1v) is 6.49. The lowest BCUT2D eigenvalue weighted by atomic mass is 9.97. The summed E-state index contributed by atoms with van der Waals surface area (Å²) in [6, 6.07) is 5.76. The van der Waals surface area contributed by atoms with Crippen LogP contribution in [0, 0.1) is 0 Å². The second kappa shape index (κ2) is 4.48. The summed E-state index contributed by atoms with van der Waals surface area (Å²) in [5, 5.41) is 1.24. The van der Waals surface area contributed by atoms with Gasteiger partial charge in [0, 0.05) is 17.1 Å². The molecular formula is C15H17NO2. The van der Waals surface area contributed by atoms with E-state index >= 15 is 0 Å². The maximum Gasteiger partial charge on any atom is 0.337 e. The molecule has 0 spiro atoms. The molecule has 1 aromatic carbocycles. The molecule has 1 N–H and O–H groups in total. The molecule has 18 heavy (non-hydrogen) atoms. The van der Waals surface area contributed by atoms with Crippen molar-refractivity contribution in [2.75, 3.05) is 7.11 Å². The fourth-order valence-electron chi connectivity index (χ4n) is 2.97. The molecule has 1 aromatic heterocycles. The van der Waals surface area contributed by atoms with Gasteiger partial charge in [-0.05, 0) is 36.5 Å². The molecule has 0 saturated heterocycles. The lowest BCUT2D eigenvalue weighted by Crippen LogP contribution is -2.00. The van der Waals surface area contributed by atoms with Crippen LogP contribution in [0.4, 0.5) is 0 Å². The summed E-state index contributed by atoms with van der Waals surface area (Å²) < 4.78 is 4.74. The predicted octanol–water partition coefficient (Wildman–Crippen LogP) is 3.61. The van der Waals surface area contributed by atoms with E-state index in [1.807, 2.05) is 18.2 Å². The van der Waals surface area contributed by atoms with Crippen molar-refractivity contribution in [1.82, 2.24) is 4.98 Å². The zero-order chi connectivity index (χ0) is 12.5. The highest BCUT2D eigenvalue weighted by atomic mass is 16.5. The minimum absolute atomic E-state index is 0.283. The van der Waals surface area contributed by atoms with Crippen molar-refractivity contribution >= 4 is 16.9 Å². The number of carbonyl (C=O) groups excluding carboxylic acids is 1. The monoisotopic (exact) mass is 243 g/mol. The third kappa shape index (κ3) is 1.80. The third-order valence-electron chi connectivity index (χ3n) is 3.93. The number of esters is 1. The largest absolute Gasteiger partial charge is 0.465 e. The van der Waals surface area contributed by atoms with Crippen molar-refractivity contribution in [2.24, 2.45) is 0 Å². The molecule has 0 unspecified atom stereocenters. The summed E-state index contributed by atoms with van der Waals surface area (Å²) in [6.45, 7) is 0. The van der Waals surface area contributed by atoms with Crippen LogP contribution < -0.4 is 0 Å². The van der Waals surface area contributed by atoms with Gasteiger partial charge in [0.1, 0.15) is 0 Å². The van der Waals surface area contributed by atoms with Gasteiger partial charge in [-0.1, -0.05) is 18.9 Å². The van der Waals surface area contributed by atoms with Gasteiger partial charge in [-0.2, -0.15) is 0 Å². The van der Waals surface area contributed by atoms with Crippen LogP contribution >= 0.6 is 0 Å². The van der Waals surface area contributed by atoms with E-state index in [1.165, 1.54) is 43.7 Å². The number of rotatable bonds is 2. The number of benzene rings is 1. The number of carbonyl (C=O) groups is 1. The first-order chi connectivity index (χ1) is 8.79. The maximum absolute atomic E-state index is 11.5.